The van der Waals surface area contributed by atoms with Gasteiger partial charge in [0.2, 0.25) is 0 Å². The van der Waals surface area contributed by atoms with Gasteiger partial charge in [-0.2, -0.15) is 0 Å². The van der Waals surface area contributed by atoms with Crippen molar-refractivity contribution in [1.82, 2.24) is 0 Å². The zero-order valence-electron chi connectivity index (χ0n) is 11.3. The lowest BCUT2D eigenvalue weighted by atomic mass is 9.75. The molecule has 1 fully saturated rings. The summed E-state index contributed by atoms with van der Waals surface area (Å²) in [4.78, 5) is 6.75. The lowest BCUT2D eigenvalue weighted by Gasteiger charge is -2.44. The first-order valence-corrected chi connectivity index (χ1v) is 7.34. The third-order valence-electron chi connectivity index (χ3n) is 4.39. The predicted octanol–water partition coefficient (Wildman–Crippen LogP) is 3.42. The maximum Gasteiger partial charge on any atom is 0.196 e. The molecular formula is C15H20ClN3. The number of anilines is 1. The second-order valence-corrected chi connectivity index (χ2v) is 6.35. The molecule has 1 aliphatic heterocycles. The topological polar surface area (TPSA) is 41.6 Å². The number of hydrogen-bond acceptors (Lipinski definition) is 3. The van der Waals surface area contributed by atoms with Gasteiger partial charge in [-0.1, -0.05) is 31.4 Å². The first-order chi connectivity index (χ1) is 9.11. The Balaban J connectivity index is 1.96. The molecule has 0 bridgehead atoms. The fourth-order valence-corrected chi connectivity index (χ4v) is 3.71. The zero-order valence-corrected chi connectivity index (χ0v) is 12.0. The van der Waals surface area contributed by atoms with E-state index in [9.17, 15) is 0 Å². The normalized spacial score (nSPS) is 30.7. The molecular weight excluding hydrogens is 258 g/mol. The van der Waals surface area contributed by atoms with Crippen LogP contribution in [-0.4, -0.2) is 18.0 Å². The highest BCUT2D eigenvalue weighted by Gasteiger charge is 2.45. The van der Waals surface area contributed by atoms with E-state index < -0.39 is 0 Å². The summed E-state index contributed by atoms with van der Waals surface area (Å²) < 4.78 is 0. The monoisotopic (exact) mass is 277 g/mol. The van der Waals surface area contributed by atoms with Gasteiger partial charge in [-0.05, 0) is 43.0 Å². The molecule has 1 saturated carbocycles. The third-order valence-corrected chi connectivity index (χ3v) is 4.64. The van der Waals surface area contributed by atoms with Gasteiger partial charge in [0.15, 0.2) is 5.96 Å². The molecule has 3 rings (SSSR count). The molecule has 2 N–H and O–H groups in total. The Labute approximate surface area is 119 Å². The fraction of sp³-hybridized carbons (Fsp3) is 0.533. The van der Waals surface area contributed by atoms with Crippen LogP contribution in [-0.2, 0) is 0 Å². The Hall–Kier alpha value is -1.22. The van der Waals surface area contributed by atoms with E-state index >= 15 is 0 Å². The predicted molar refractivity (Wildman–Crippen MR) is 80.8 cm³/mol. The molecule has 0 aromatic heterocycles. The van der Waals surface area contributed by atoms with Gasteiger partial charge in [-0.25, -0.2) is 0 Å². The first-order valence-electron chi connectivity index (χ1n) is 6.96. The van der Waals surface area contributed by atoms with Crippen molar-refractivity contribution in [3.05, 3.63) is 29.3 Å². The van der Waals surface area contributed by atoms with Crippen molar-refractivity contribution in [3.8, 4) is 0 Å². The SMILES string of the molecule is CC1CCCC2(CN=C(N)N2c2ccc(Cl)cc2)C1. The standard InChI is InChI=1S/C15H20ClN3/c1-11-3-2-8-15(9-11)10-18-14(17)19(15)13-6-4-12(16)5-7-13/h4-7,11H,2-3,8-10H2,1H3,(H2,17,18). The number of aliphatic imine (C=N–C) groups is 1. The van der Waals surface area contributed by atoms with Crippen LogP contribution in [0.25, 0.3) is 0 Å². The van der Waals surface area contributed by atoms with Crippen molar-refractivity contribution in [2.24, 2.45) is 16.6 Å². The highest BCUT2D eigenvalue weighted by molar-refractivity contribution is 6.30. The maximum absolute atomic E-state index is 6.14. The van der Waals surface area contributed by atoms with E-state index in [0.29, 0.717) is 5.96 Å². The summed E-state index contributed by atoms with van der Waals surface area (Å²) in [6.45, 7) is 3.15. The summed E-state index contributed by atoms with van der Waals surface area (Å²) >= 11 is 5.98. The van der Waals surface area contributed by atoms with Gasteiger partial charge in [0.1, 0.15) is 0 Å². The van der Waals surface area contributed by atoms with Crippen LogP contribution in [0.15, 0.2) is 29.3 Å². The fourth-order valence-electron chi connectivity index (χ4n) is 3.59. The first kappa shape index (κ1) is 12.8. The Morgan fingerprint density at radius 1 is 1.37 bits per heavy atom. The van der Waals surface area contributed by atoms with Gasteiger partial charge in [0, 0.05) is 10.7 Å². The summed E-state index contributed by atoms with van der Waals surface area (Å²) in [5, 5.41) is 0.754. The molecule has 3 nitrogen and oxygen atoms in total. The maximum atomic E-state index is 6.14. The molecule has 2 atom stereocenters. The molecule has 1 spiro atoms. The number of hydrogen-bond donors (Lipinski definition) is 1. The van der Waals surface area contributed by atoms with Crippen molar-refractivity contribution in [2.45, 2.75) is 38.1 Å². The lowest BCUT2D eigenvalue weighted by Crippen LogP contribution is -2.54. The van der Waals surface area contributed by atoms with Crippen LogP contribution in [0, 0.1) is 5.92 Å². The van der Waals surface area contributed by atoms with Crippen LogP contribution in [0.1, 0.15) is 32.6 Å². The number of rotatable bonds is 1. The number of halogens is 1. The van der Waals surface area contributed by atoms with Crippen molar-refractivity contribution in [3.63, 3.8) is 0 Å². The highest BCUT2D eigenvalue weighted by atomic mass is 35.5. The minimum atomic E-state index is 0.0928. The highest BCUT2D eigenvalue weighted by Crippen LogP contribution is 2.42. The van der Waals surface area contributed by atoms with Gasteiger partial charge in [0.05, 0.1) is 12.1 Å². The Morgan fingerprint density at radius 2 is 2.11 bits per heavy atom. The largest absolute Gasteiger partial charge is 0.369 e. The molecule has 1 aromatic rings. The summed E-state index contributed by atoms with van der Waals surface area (Å²) in [6.07, 6.45) is 4.91. The number of benzene rings is 1. The molecule has 0 radical (unpaired) electrons. The van der Waals surface area contributed by atoms with Gasteiger partial charge in [0.25, 0.3) is 0 Å². The summed E-state index contributed by atoms with van der Waals surface area (Å²) in [5.41, 5.74) is 7.34. The molecule has 102 valence electrons. The molecule has 19 heavy (non-hydrogen) atoms. The van der Waals surface area contributed by atoms with Crippen molar-refractivity contribution < 1.29 is 0 Å². The molecule has 2 aliphatic rings. The van der Waals surface area contributed by atoms with E-state index in [0.717, 1.165) is 23.2 Å². The Morgan fingerprint density at radius 3 is 2.79 bits per heavy atom. The number of nitrogens with two attached hydrogens (primary N) is 1. The minimum Gasteiger partial charge on any atom is -0.369 e. The van der Waals surface area contributed by atoms with Crippen LogP contribution in [0.4, 0.5) is 5.69 Å². The van der Waals surface area contributed by atoms with E-state index in [-0.39, 0.29) is 5.54 Å². The smallest absolute Gasteiger partial charge is 0.196 e. The third kappa shape index (κ3) is 2.20. The van der Waals surface area contributed by atoms with Gasteiger partial charge in [-0.3, -0.25) is 4.99 Å². The van der Waals surface area contributed by atoms with E-state index in [1.165, 1.54) is 25.7 Å². The molecule has 1 aliphatic carbocycles. The van der Waals surface area contributed by atoms with Crippen LogP contribution in [0.3, 0.4) is 0 Å². The van der Waals surface area contributed by atoms with Crippen LogP contribution < -0.4 is 10.6 Å². The second kappa shape index (κ2) is 4.71. The van der Waals surface area contributed by atoms with E-state index in [1.807, 2.05) is 24.3 Å². The number of guanidine groups is 1. The van der Waals surface area contributed by atoms with Crippen LogP contribution >= 0.6 is 11.6 Å². The van der Waals surface area contributed by atoms with Crippen molar-refractivity contribution in [1.29, 1.82) is 0 Å². The zero-order chi connectivity index (χ0) is 13.5. The molecule has 4 heteroatoms. The Bertz CT molecular complexity index is 497. The molecule has 2 unspecified atom stereocenters. The van der Waals surface area contributed by atoms with E-state index in [2.05, 4.69) is 16.8 Å². The van der Waals surface area contributed by atoms with E-state index in [1.54, 1.807) is 0 Å². The summed E-state index contributed by atoms with van der Waals surface area (Å²) in [5.74, 6) is 1.39. The van der Waals surface area contributed by atoms with Crippen molar-refractivity contribution >= 4 is 23.2 Å². The summed E-state index contributed by atoms with van der Waals surface area (Å²) in [6, 6.07) is 7.92. The van der Waals surface area contributed by atoms with Gasteiger partial charge < -0.3 is 10.6 Å². The minimum absolute atomic E-state index is 0.0928. The van der Waals surface area contributed by atoms with Crippen LogP contribution in [0.5, 0.6) is 0 Å². The van der Waals surface area contributed by atoms with Crippen molar-refractivity contribution in [2.75, 3.05) is 11.4 Å². The molecule has 1 heterocycles. The van der Waals surface area contributed by atoms with Gasteiger partial charge in [-0.15, -0.1) is 0 Å². The number of nitrogens with zero attached hydrogens (tertiary/aromatic N) is 2. The average Bonchev–Trinajstić information content (AvgIpc) is 2.68. The lowest BCUT2D eigenvalue weighted by molar-refractivity contribution is 0.253. The summed E-state index contributed by atoms with van der Waals surface area (Å²) in [7, 11) is 0. The van der Waals surface area contributed by atoms with Crippen LogP contribution in [0.2, 0.25) is 5.02 Å². The van der Waals surface area contributed by atoms with E-state index in [4.69, 9.17) is 17.3 Å². The van der Waals surface area contributed by atoms with Gasteiger partial charge >= 0.3 is 0 Å². The second-order valence-electron chi connectivity index (χ2n) is 5.91. The quantitative estimate of drug-likeness (QED) is 0.854. The molecule has 1 aromatic carbocycles. The Kier molecular flexibility index (Phi) is 3.17. The molecule has 0 amide bonds. The average molecular weight is 278 g/mol. The molecule has 0 saturated heterocycles.